The Morgan fingerprint density at radius 2 is 2.06 bits per heavy atom. The Morgan fingerprint density at radius 3 is 2.44 bits per heavy atom. The van der Waals surface area contributed by atoms with Crippen LogP contribution in [0.3, 0.4) is 0 Å². The second-order valence-electron chi connectivity index (χ2n) is 3.30. The maximum absolute atomic E-state index is 12.6. The van der Waals surface area contributed by atoms with Crippen LogP contribution in [0.15, 0.2) is 12.1 Å². The summed E-state index contributed by atoms with van der Waals surface area (Å²) in [5.41, 5.74) is -1.60. The number of hydrogen-bond acceptors (Lipinski definition) is 3. The van der Waals surface area contributed by atoms with Gasteiger partial charge in [-0.25, -0.2) is 4.79 Å². The zero-order valence-corrected chi connectivity index (χ0v) is 9.21. The van der Waals surface area contributed by atoms with E-state index in [0.717, 1.165) is 7.11 Å². The van der Waals surface area contributed by atoms with Gasteiger partial charge >= 0.3 is 12.3 Å². The van der Waals surface area contributed by atoms with Gasteiger partial charge in [-0.3, -0.25) is 5.32 Å². The SMILES string of the molecule is COc1c(CO)cc(C(F)(F)F)cc1NC(=O)O. The van der Waals surface area contributed by atoms with Gasteiger partial charge in [-0.2, -0.15) is 13.2 Å². The number of alkyl halides is 3. The lowest BCUT2D eigenvalue weighted by Crippen LogP contribution is -2.13. The van der Waals surface area contributed by atoms with Crippen molar-refractivity contribution in [1.82, 2.24) is 0 Å². The Hall–Kier alpha value is -1.96. The highest BCUT2D eigenvalue weighted by Gasteiger charge is 2.32. The molecule has 0 bridgehead atoms. The van der Waals surface area contributed by atoms with E-state index in [1.807, 2.05) is 0 Å². The maximum Gasteiger partial charge on any atom is 0.416 e. The predicted molar refractivity (Wildman–Crippen MR) is 55.6 cm³/mol. The topological polar surface area (TPSA) is 78.8 Å². The molecule has 0 aromatic heterocycles. The van der Waals surface area contributed by atoms with Gasteiger partial charge in [0.05, 0.1) is 25.0 Å². The third-order valence-corrected chi connectivity index (χ3v) is 2.11. The van der Waals surface area contributed by atoms with Crippen molar-refractivity contribution in [3.05, 3.63) is 23.3 Å². The van der Waals surface area contributed by atoms with Crippen LogP contribution in [-0.4, -0.2) is 23.4 Å². The number of carbonyl (C=O) groups is 1. The fourth-order valence-electron chi connectivity index (χ4n) is 1.42. The number of hydrogen-bond donors (Lipinski definition) is 3. The number of nitrogens with one attached hydrogen (secondary N) is 1. The summed E-state index contributed by atoms with van der Waals surface area (Å²) in [4.78, 5) is 10.5. The van der Waals surface area contributed by atoms with Crippen LogP contribution < -0.4 is 10.1 Å². The minimum absolute atomic E-state index is 0.145. The third-order valence-electron chi connectivity index (χ3n) is 2.11. The molecule has 0 unspecified atom stereocenters. The number of aliphatic hydroxyl groups is 1. The van der Waals surface area contributed by atoms with Crippen LogP contribution in [0, 0.1) is 0 Å². The molecule has 0 radical (unpaired) electrons. The van der Waals surface area contributed by atoms with Gasteiger partial charge in [-0.05, 0) is 12.1 Å². The van der Waals surface area contributed by atoms with Crippen LogP contribution >= 0.6 is 0 Å². The summed E-state index contributed by atoms with van der Waals surface area (Å²) < 4.78 is 42.5. The van der Waals surface area contributed by atoms with Crippen molar-refractivity contribution in [2.75, 3.05) is 12.4 Å². The standard InChI is InChI=1S/C10H10F3NO4/c1-18-8-5(4-15)2-6(10(11,12)13)3-7(8)14-9(16)17/h2-3,14-15H,4H2,1H3,(H,16,17). The normalized spacial score (nSPS) is 11.2. The monoisotopic (exact) mass is 265 g/mol. The molecule has 0 aliphatic rings. The molecule has 3 N–H and O–H groups in total. The fourth-order valence-corrected chi connectivity index (χ4v) is 1.42. The van der Waals surface area contributed by atoms with Gasteiger partial charge < -0.3 is 14.9 Å². The van der Waals surface area contributed by atoms with E-state index in [1.165, 1.54) is 0 Å². The minimum Gasteiger partial charge on any atom is -0.494 e. The lowest BCUT2D eigenvalue weighted by molar-refractivity contribution is -0.137. The molecule has 0 aliphatic heterocycles. The highest BCUT2D eigenvalue weighted by Crippen LogP contribution is 2.37. The average Bonchev–Trinajstić information content (AvgIpc) is 2.25. The number of amides is 1. The number of rotatable bonds is 3. The number of carboxylic acid groups (broad SMARTS) is 1. The van der Waals surface area contributed by atoms with E-state index in [4.69, 9.17) is 14.9 Å². The number of anilines is 1. The van der Waals surface area contributed by atoms with E-state index in [9.17, 15) is 18.0 Å². The molecule has 100 valence electrons. The van der Waals surface area contributed by atoms with Crippen molar-refractivity contribution in [3.63, 3.8) is 0 Å². The van der Waals surface area contributed by atoms with Crippen molar-refractivity contribution >= 4 is 11.8 Å². The van der Waals surface area contributed by atoms with E-state index in [-0.39, 0.29) is 17.0 Å². The molecule has 1 aromatic carbocycles. The lowest BCUT2D eigenvalue weighted by Gasteiger charge is -2.15. The summed E-state index contributed by atoms with van der Waals surface area (Å²) in [6.45, 7) is -0.707. The van der Waals surface area contributed by atoms with Crippen molar-refractivity contribution in [2.24, 2.45) is 0 Å². The van der Waals surface area contributed by atoms with Gasteiger partial charge in [0.15, 0.2) is 0 Å². The largest absolute Gasteiger partial charge is 0.494 e. The molecule has 0 atom stereocenters. The fraction of sp³-hybridized carbons (Fsp3) is 0.300. The number of aliphatic hydroxyl groups excluding tert-OH is 1. The first-order valence-electron chi connectivity index (χ1n) is 4.68. The number of benzene rings is 1. The molecule has 1 aromatic rings. The Kier molecular flexibility index (Phi) is 4.02. The zero-order valence-electron chi connectivity index (χ0n) is 9.21. The first-order valence-corrected chi connectivity index (χ1v) is 4.68. The molecule has 5 nitrogen and oxygen atoms in total. The van der Waals surface area contributed by atoms with Gasteiger partial charge in [0.1, 0.15) is 5.75 Å². The first kappa shape index (κ1) is 14.1. The van der Waals surface area contributed by atoms with Crippen molar-refractivity contribution in [3.8, 4) is 5.75 Å². The molecule has 1 amide bonds. The molecule has 0 saturated carbocycles. The van der Waals surface area contributed by atoms with Gasteiger partial charge in [-0.15, -0.1) is 0 Å². The summed E-state index contributed by atoms with van der Waals surface area (Å²) in [6, 6.07) is 1.30. The van der Waals surface area contributed by atoms with Crippen LogP contribution in [0.25, 0.3) is 0 Å². The summed E-state index contributed by atoms with van der Waals surface area (Å²) in [6.07, 6.45) is -6.18. The van der Waals surface area contributed by atoms with Crippen molar-refractivity contribution in [2.45, 2.75) is 12.8 Å². The molecule has 1 rings (SSSR count). The van der Waals surface area contributed by atoms with Crippen LogP contribution in [0.2, 0.25) is 0 Å². The number of halogens is 3. The lowest BCUT2D eigenvalue weighted by atomic mass is 10.1. The van der Waals surface area contributed by atoms with E-state index in [2.05, 4.69) is 0 Å². The summed E-state index contributed by atoms with van der Waals surface area (Å²) in [7, 11) is 1.16. The van der Waals surface area contributed by atoms with Crippen LogP contribution in [-0.2, 0) is 12.8 Å². The minimum atomic E-state index is -4.65. The quantitative estimate of drug-likeness (QED) is 0.783. The van der Waals surface area contributed by atoms with E-state index in [0.29, 0.717) is 12.1 Å². The van der Waals surface area contributed by atoms with E-state index >= 15 is 0 Å². The Morgan fingerprint density at radius 1 is 1.44 bits per heavy atom. The molecule has 0 heterocycles. The van der Waals surface area contributed by atoms with Gasteiger partial charge in [0, 0.05) is 5.56 Å². The average molecular weight is 265 g/mol. The summed E-state index contributed by atoms with van der Waals surface area (Å²) in [5, 5.41) is 19.3. The molecule has 0 spiro atoms. The van der Waals surface area contributed by atoms with Gasteiger partial charge in [0.2, 0.25) is 0 Å². The van der Waals surface area contributed by atoms with Gasteiger partial charge in [-0.1, -0.05) is 0 Å². The third kappa shape index (κ3) is 3.04. The number of ether oxygens (including phenoxy) is 1. The highest BCUT2D eigenvalue weighted by molar-refractivity contribution is 5.86. The van der Waals surface area contributed by atoms with E-state index < -0.39 is 24.4 Å². The smallest absolute Gasteiger partial charge is 0.416 e. The van der Waals surface area contributed by atoms with Crippen LogP contribution in [0.1, 0.15) is 11.1 Å². The number of methoxy groups -OCH3 is 1. The molecule has 18 heavy (non-hydrogen) atoms. The first-order chi connectivity index (χ1) is 8.29. The Bertz CT molecular complexity index is 459. The summed E-state index contributed by atoms with van der Waals surface area (Å²) in [5.74, 6) is -0.145. The second-order valence-corrected chi connectivity index (χ2v) is 3.30. The molecule has 8 heteroatoms. The molecule has 0 fully saturated rings. The summed E-state index contributed by atoms with van der Waals surface area (Å²) >= 11 is 0. The van der Waals surface area contributed by atoms with Crippen LogP contribution in [0.5, 0.6) is 5.75 Å². The van der Waals surface area contributed by atoms with Gasteiger partial charge in [0.25, 0.3) is 0 Å². The highest BCUT2D eigenvalue weighted by atomic mass is 19.4. The van der Waals surface area contributed by atoms with Crippen LogP contribution in [0.4, 0.5) is 23.7 Å². The molecular weight excluding hydrogens is 255 g/mol. The maximum atomic E-state index is 12.6. The Labute approximate surface area is 99.8 Å². The predicted octanol–water partition coefficient (Wildman–Crippen LogP) is 2.30. The van der Waals surface area contributed by atoms with E-state index in [1.54, 1.807) is 5.32 Å². The molecule has 0 saturated heterocycles. The molecule has 0 aliphatic carbocycles. The Balaban J connectivity index is 3.40. The zero-order chi connectivity index (χ0) is 13.9. The van der Waals surface area contributed by atoms with Crippen molar-refractivity contribution < 1.29 is 32.9 Å². The second kappa shape index (κ2) is 5.13. The molecular formula is C10H10F3NO4. The van der Waals surface area contributed by atoms with Crippen molar-refractivity contribution in [1.29, 1.82) is 0 Å².